The Kier molecular flexibility index (Phi) is 5.91. The highest BCUT2D eigenvalue weighted by molar-refractivity contribution is 7.99. The number of hydrogen-bond donors (Lipinski definition) is 1. The highest BCUT2D eigenvalue weighted by atomic mass is 32.2. The van der Waals surface area contributed by atoms with Crippen molar-refractivity contribution in [3.8, 4) is 0 Å². The summed E-state index contributed by atoms with van der Waals surface area (Å²) in [5.74, 6) is -0.226. The molecule has 2 rings (SSSR count). The summed E-state index contributed by atoms with van der Waals surface area (Å²) in [7, 11) is 1.64. The van der Waals surface area contributed by atoms with Crippen LogP contribution in [0, 0.1) is 5.82 Å². The molecule has 0 aliphatic carbocycles. The number of nitrogens with one attached hydrogen (secondary N) is 1. The fourth-order valence-corrected chi connectivity index (χ4v) is 2.49. The summed E-state index contributed by atoms with van der Waals surface area (Å²) in [4.78, 5) is 9.11. The van der Waals surface area contributed by atoms with E-state index in [-0.39, 0.29) is 5.82 Å². The summed E-state index contributed by atoms with van der Waals surface area (Å²) in [6.07, 6.45) is 3.34. The predicted molar refractivity (Wildman–Crippen MR) is 76.1 cm³/mol. The zero-order valence-corrected chi connectivity index (χ0v) is 12.0. The molecule has 0 unspecified atom stereocenters. The van der Waals surface area contributed by atoms with E-state index in [1.165, 1.54) is 17.8 Å². The number of methoxy groups -OCH3 is 1. The summed E-state index contributed by atoms with van der Waals surface area (Å²) in [6.45, 7) is 1.72. The van der Waals surface area contributed by atoms with E-state index in [0.717, 1.165) is 4.90 Å². The molecule has 0 saturated heterocycles. The van der Waals surface area contributed by atoms with Crippen molar-refractivity contribution in [2.75, 3.05) is 20.3 Å². The van der Waals surface area contributed by atoms with Gasteiger partial charge in [0, 0.05) is 43.1 Å². The SMILES string of the molecule is COCCNCc1c(F)cccc1Sc1ncccn1. The van der Waals surface area contributed by atoms with Crippen molar-refractivity contribution in [3.63, 3.8) is 0 Å². The molecule has 0 aliphatic rings. The molecule has 1 aromatic carbocycles. The molecule has 4 nitrogen and oxygen atoms in total. The third kappa shape index (κ3) is 4.26. The summed E-state index contributed by atoms with van der Waals surface area (Å²) >= 11 is 1.36. The van der Waals surface area contributed by atoms with Crippen molar-refractivity contribution in [3.05, 3.63) is 48.0 Å². The number of aromatic nitrogens is 2. The van der Waals surface area contributed by atoms with Gasteiger partial charge in [0.2, 0.25) is 0 Å². The first-order chi connectivity index (χ1) is 9.81. The lowest BCUT2D eigenvalue weighted by Crippen LogP contribution is -2.19. The number of benzene rings is 1. The topological polar surface area (TPSA) is 47.0 Å². The van der Waals surface area contributed by atoms with Gasteiger partial charge in [-0.05, 0) is 30.0 Å². The van der Waals surface area contributed by atoms with Gasteiger partial charge in [-0.25, -0.2) is 14.4 Å². The van der Waals surface area contributed by atoms with Gasteiger partial charge in [0.25, 0.3) is 0 Å². The third-order valence-electron chi connectivity index (χ3n) is 2.60. The van der Waals surface area contributed by atoms with Gasteiger partial charge in [-0.2, -0.15) is 0 Å². The van der Waals surface area contributed by atoms with Crippen LogP contribution in [0.1, 0.15) is 5.56 Å². The second-order valence-corrected chi connectivity index (χ2v) is 5.03. The molecule has 0 fully saturated rings. The average Bonchev–Trinajstić information content (AvgIpc) is 2.47. The minimum Gasteiger partial charge on any atom is -0.383 e. The molecule has 0 spiro atoms. The molecule has 106 valence electrons. The Morgan fingerprint density at radius 3 is 2.80 bits per heavy atom. The van der Waals surface area contributed by atoms with Gasteiger partial charge in [0.05, 0.1) is 6.61 Å². The van der Waals surface area contributed by atoms with E-state index in [1.807, 2.05) is 6.07 Å². The fraction of sp³-hybridized carbons (Fsp3) is 0.286. The predicted octanol–water partition coefficient (Wildman–Crippen LogP) is 2.50. The zero-order chi connectivity index (χ0) is 14.2. The lowest BCUT2D eigenvalue weighted by atomic mass is 10.2. The van der Waals surface area contributed by atoms with Gasteiger partial charge in [0.15, 0.2) is 5.16 Å². The minimum atomic E-state index is -0.226. The van der Waals surface area contributed by atoms with Gasteiger partial charge in [0.1, 0.15) is 5.82 Å². The van der Waals surface area contributed by atoms with E-state index >= 15 is 0 Å². The molecule has 1 aromatic heterocycles. The molecule has 2 aromatic rings. The van der Waals surface area contributed by atoms with E-state index < -0.39 is 0 Å². The molecule has 0 amide bonds. The van der Waals surface area contributed by atoms with Gasteiger partial charge in [-0.3, -0.25) is 0 Å². The second-order valence-electron chi connectivity index (χ2n) is 4.02. The Morgan fingerprint density at radius 2 is 2.05 bits per heavy atom. The van der Waals surface area contributed by atoms with Crippen LogP contribution >= 0.6 is 11.8 Å². The monoisotopic (exact) mass is 293 g/mol. The molecule has 0 radical (unpaired) electrons. The van der Waals surface area contributed by atoms with Gasteiger partial charge in [-0.15, -0.1) is 0 Å². The van der Waals surface area contributed by atoms with Gasteiger partial charge < -0.3 is 10.1 Å². The normalized spacial score (nSPS) is 10.7. The maximum Gasteiger partial charge on any atom is 0.192 e. The Morgan fingerprint density at radius 1 is 1.25 bits per heavy atom. The fourth-order valence-electron chi connectivity index (χ4n) is 1.63. The second kappa shape index (κ2) is 7.94. The van der Waals surface area contributed by atoms with E-state index in [1.54, 1.807) is 31.6 Å². The maximum absolute atomic E-state index is 13.9. The quantitative estimate of drug-likeness (QED) is 0.628. The van der Waals surface area contributed by atoms with Crippen LogP contribution in [-0.4, -0.2) is 30.2 Å². The van der Waals surface area contributed by atoms with E-state index in [0.29, 0.717) is 30.4 Å². The van der Waals surface area contributed by atoms with Crippen LogP contribution in [0.2, 0.25) is 0 Å². The molecule has 0 bridgehead atoms. The van der Waals surface area contributed by atoms with Crippen LogP contribution in [0.4, 0.5) is 4.39 Å². The minimum absolute atomic E-state index is 0.226. The van der Waals surface area contributed by atoms with Crippen LogP contribution in [-0.2, 0) is 11.3 Å². The lowest BCUT2D eigenvalue weighted by Gasteiger charge is -2.10. The smallest absolute Gasteiger partial charge is 0.192 e. The van der Waals surface area contributed by atoms with Gasteiger partial charge >= 0.3 is 0 Å². The van der Waals surface area contributed by atoms with Crippen LogP contribution in [0.25, 0.3) is 0 Å². The molecular weight excluding hydrogens is 277 g/mol. The molecule has 1 heterocycles. The first kappa shape index (κ1) is 14.9. The largest absolute Gasteiger partial charge is 0.383 e. The number of halogens is 1. The Labute approximate surface area is 121 Å². The molecule has 6 heteroatoms. The third-order valence-corrected chi connectivity index (χ3v) is 3.60. The highest BCUT2D eigenvalue weighted by Crippen LogP contribution is 2.29. The van der Waals surface area contributed by atoms with Crippen LogP contribution in [0.3, 0.4) is 0 Å². The van der Waals surface area contributed by atoms with Crippen LogP contribution in [0.5, 0.6) is 0 Å². The average molecular weight is 293 g/mol. The van der Waals surface area contributed by atoms with Crippen molar-refractivity contribution >= 4 is 11.8 Å². The molecule has 1 N–H and O–H groups in total. The van der Waals surface area contributed by atoms with E-state index in [4.69, 9.17) is 4.74 Å². The number of ether oxygens (including phenoxy) is 1. The Hall–Kier alpha value is -1.50. The molecule has 0 saturated carbocycles. The highest BCUT2D eigenvalue weighted by Gasteiger charge is 2.10. The first-order valence-corrected chi connectivity index (χ1v) is 7.05. The number of hydrogen-bond acceptors (Lipinski definition) is 5. The number of rotatable bonds is 7. The number of nitrogens with zero attached hydrogens (tertiary/aromatic N) is 2. The molecule has 0 atom stereocenters. The Bertz CT molecular complexity index is 539. The summed E-state index contributed by atoms with van der Waals surface area (Å²) in [5, 5.41) is 3.76. The van der Waals surface area contributed by atoms with Crippen molar-refractivity contribution < 1.29 is 9.13 Å². The van der Waals surface area contributed by atoms with Crippen LogP contribution < -0.4 is 5.32 Å². The van der Waals surface area contributed by atoms with Crippen molar-refractivity contribution in [2.24, 2.45) is 0 Å². The standard InChI is InChI=1S/C14H16FN3OS/c1-19-9-8-16-10-11-12(15)4-2-5-13(11)20-14-17-6-3-7-18-14/h2-7,16H,8-10H2,1H3. The van der Waals surface area contributed by atoms with Crippen molar-refractivity contribution in [1.29, 1.82) is 0 Å². The van der Waals surface area contributed by atoms with Crippen LogP contribution in [0.15, 0.2) is 46.7 Å². The van der Waals surface area contributed by atoms with E-state index in [2.05, 4.69) is 15.3 Å². The molecule has 0 aliphatic heterocycles. The summed E-state index contributed by atoms with van der Waals surface area (Å²) in [6, 6.07) is 6.78. The first-order valence-electron chi connectivity index (χ1n) is 6.23. The summed E-state index contributed by atoms with van der Waals surface area (Å²) < 4.78 is 18.9. The van der Waals surface area contributed by atoms with E-state index in [9.17, 15) is 4.39 Å². The Balaban J connectivity index is 2.09. The summed E-state index contributed by atoms with van der Waals surface area (Å²) in [5.41, 5.74) is 0.626. The maximum atomic E-state index is 13.9. The lowest BCUT2D eigenvalue weighted by molar-refractivity contribution is 0.199. The molecule has 20 heavy (non-hydrogen) atoms. The van der Waals surface area contributed by atoms with Crippen molar-refractivity contribution in [1.82, 2.24) is 15.3 Å². The molecular formula is C14H16FN3OS. The van der Waals surface area contributed by atoms with Gasteiger partial charge in [-0.1, -0.05) is 6.07 Å². The van der Waals surface area contributed by atoms with Crippen molar-refractivity contribution in [2.45, 2.75) is 16.6 Å². The zero-order valence-electron chi connectivity index (χ0n) is 11.2.